The molecule has 45 heavy (non-hydrogen) atoms. The van der Waals surface area contributed by atoms with Gasteiger partial charge in [0.15, 0.2) is 0 Å². The average Bonchev–Trinajstić information content (AvgIpc) is 2.99. The van der Waals surface area contributed by atoms with E-state index in [1.54, 1.807) is 12.1 Å². The molecule has 1 unspecified atom stereocenters. The lowest BCUT2D eigenvalue weighted by atomic mass is 10.00. The fraction of sp³-hybridized carbons (Fsp3) is 0.455. The molecule has 0 radical (unpaired) electrons. The predicted molar refractivity (Wildman–Crippen MR) is 165 cm³/mol. The van der Waals surface area contributed by atoms with Gasteiger partial charge in [0, 0.05) is 57.9 Å². The summed E-state index contributed by atoms with van der Waals surface area (Å²) >= 11 is 12.5. The SMILES string of the molecule is FC(F)(F)c1cc(CN2CCN(CCNC3CCN(Cc4ccccc4)CC3)C(c3ccc(Cl)c(Cl)c3)C2)cc(C(F)(F)F)c1. The second kappa shape index (κ2) is 14.6. The van der Waals surface area contributed by atoms with Crippen molar-refractivity contribution in [2.45, 2.75) is 50.4 Å². The first-order valence-electron chi connectivity index (χ1n) is 15.0. The molecule has 0 saturated carbocycles. The number of rotatable bonds is 9. The molecule has 0 bridgehead atoms. The summed E-state index contributed by atoms with van der Waals surface area (Å²) in [6, 6.07) is 17.8. The molecule has 244 valence electrons. The van der Waals surface area contributed by atoms with E-state index in [1.807, 2.05) is 17.0 Å². The fourth-order valence-corrected chi connectivity index (χ4v) is 6.55. The molecule has 1 N–H and O–H groups in total. The number of halogens is 8. The number of nitrogens with zero attached hydrogens (tertiary/aromatic N) is 3. The first-order valence-corrected chi connectivity index (χ1v) is 15.8. The molecule has 5 rings (SSSR count). The lowest BCUT2D eigenvalue weighted by Crippen LogP contribution is -2.50. The van der Waals surface area contributed by atoms with Crippen LogP contribution in [-0.2, 0) is 25.4 Å². The third kappa shape index (κ3) is 9.36. The Balaban J connectivity index is 1.22. The van der Waals surface area contributed by atoms with Gasteiger partial charge >= 0.3 is 12.4 Å². The Labute approximate surface area is 269 Å². The van der Waals surface area contributed by atoms with E-state index in [1.165, 1.54) is 5.56 Å². The quantitative estimate of drug-likeness (QED) is 0.232. The van der Waals surface area contributed by atoms with E-state index in [0.717, 1.165) is 63.3 Å². The number of alkyl halides is 6. The molecule has 1 atom stereocenters. The molecule has 3 aromatic carbocycles. The summed E-state index contributed by atoms with van der Waals surface area (Å²) in [5.41, 5.74) is -0.430. The summed E-state index contributed by atoms with van der Waals surface area (Å²) in [6.07, 6.45) is -7.67. The van der Waals surface area contributed by atoms with Gasteiger partial charge in [-0.1, -0.05) is 59.6 Å². The van der Waals surface area contributed by atoms with E-state index in [9.17, 15) is 26.3 Å². The Kier molecular flexibility index (Phi) is 11.0. The molecule has 12 heteroatoms. The lowest BCUT2D eigenvalue weighted by Gasteiger charge is -2.42. The third-order valence-corrected chi connectivity index (χ3v) is 9.37. The number of nitrogens with one attached hydrogen (secondary N) is 1. The van der Waals surface area contributed by atoms with Crippen molar-refractivity contribution in [1.82, 2.24) is 20.0 Å². The third-order valence-electron chi connectivity index (χ3n) is 8.63. The van der Waals surface area contributed by atoms with Crippen molar-refractivity contribution in [3.63, 3.8) is 0 Å². The van der Waals surface area contributed by atoms with Crippen molar-refractivity contribution in [3.8, 4) is 0 Å². The van der Waals surface area contributed by atoms with Crippen LogP contribution < -0.4 is 5.32 Å². The van der Waals surface area contributed by atoms with Gasteiger partial charge in [-0.15, -0.1) is 0 Å². The van der Waals surface area contributed by atoms with Crippen molar-refractivity contribution in [1.29, 1.82) is 0 Å². The van der Waals surface area contributed by atoms with Crippen molar-refractivity contribution in [2.75, 3.05) is 45.8 Å². The maximum Gasteiger partial charge on any atom is 0.416 e. The Hall–Kier alpha value is -2.34. The molecule has 4 nitrogen and oxygen atoms in total. The Morgan fingerprint density at radius 3 is 1.96 bits per heavy atom. The minimum Gasteiger partial charge on any atom is -0.313 e. The standard InChI is InChI=1S/C33H36Cl2F6N4/c34-29-7-6-25(18-30(29)35)31-22-44(21-24-16-26(32(36,37)38)19-27(17-24)33(39,40)41)14-15-45(31)13-10-42-28-8-11-43(12-9-28)20-23-4-2-1-3-5-23/h1-7,16-19,28,31,42H,8-15,20-22H2. The second-order valence-electron chi connectivity index (χ2n) is 11.9. The van der Waals surface area contributed by atoms with Gasteiger partial charge in [0.1, 0.15) is 0 Å². The van der Waals surface area contributed by atoms with Gasteiger partial charge < -0.3 is 5.32 Å². The van der Waals surface area contributed by atoms with Crippen LogP contribution in [0.4, 0.5) is 26.3 Å². The highest BCUT2D eigenvalue weighted by Crippen LogP contribution is 2.37. The molecule has 0 spiro atoms. The smallest absolute Gasteiger partial charge is 0.313 e. The summed E-state index contributed by atoms with van der Waals surface area (Å²) in [5.74, 6) is 0. The highest BCUT2D eigenvalue weighted by Gasteiger charge is 2.37. The predicted octanol–water partition coefficient (Wildman–Crippen LogP) is 8.14. The lowest BCUT2D eigenvalue weighted by molar-refractivity contribution is -0.143. The molecule has 0 aliphatic carbocycles. The van der Waals surface area contributed by atoms with Crippen molar-refractivity contribution < 1.29 is 26.3 Å². The largest absolute Gasteiger partial charge is 0.416 e. The molecule has 2 saturated heterocycles. The van der Waals surface area contributed by atoms with E-state index < -0.39 is 23.5 Å². The van der Waals surface area contributed by atoms with Crippen LogP contribution in [-0.4, -0.2) is 66.6 Å². The van der Waals surface area contributed by atoms with Crippen molar-refractivity contribution in [3.05, 3.63) is 105 Å². The molecule has 2 heterocycles. The monoisotopic (exact) mass is 672 g/mol. The highest BCUT2D eigenvalue weighted by atomic mass is 35.5. The normalized spacial score (nSPS) is 19.7. The fourth-order valence-electron chi connectivity index (χ4n) is 6.24. The Morgan fingerprint density at radius 2 is 1.33 bits per heavy atom. The van der Waals surface area contributed by atoms with Crippen LogP contribution in [0.25, 0.3) is 0 Å². The van der Waals surface area contributed by atoms with E-state index >= 15 is 0 Å². The molecular formula is C33H36Cl2F6N4. The van der Waals surface area contributed by atoms with Crippen LogP contribution in [0, 0.1) is 0 Å². The van der Waals surface area contributed by atoms with Gasteiger partial charge in [-0.2, -0.15) is 26.3 Å². The number of hydrogen-bond donors (Lipinski definition) is 1. The number of likely N-dealkylation sites (tertiary alicyclic amines) is 1. The minimum atomic E-state index is -4.89. The number of benzene rings is 3. The van der Waals surface area contributed by atoms with Gasteiger partial charge in [-0.05, 0) is 73.0 Å². The zero-order valence-electron chi connectivity index (χ0n) is 24.6. The molecule has 2 aliphatic heterocycles. The van der Waals surface area contributed by atoms with Crippen LogP contribution in [0.5, 0.6) is 0 Å². The zero-order valence-corrected chi connectivity index (χ0v) is 26.2. The van der Waals surface area contributed by atoms with Crippen molar-refractivity contribution >= 4 is 23.2 Å². The number of piperazine rings is 1. The summed E-state index contributed by atoms with van der Waals surface area (Å²) in [6.45, 7) is 5.91. The van der Waals surface area contributed by atoms with E-state index in [2.05, 4.69) is 39.4 Å². The van der Waals surface area contributed by atoms with Crippen LogP contribution in [0.3, 0.4) is 0 Å². The molecule has 2 aliphatic rings. The first kappa shape index (κ1) is 34.0. The Morgan fingerprint density at radius 1 is 0.689 bits per heavy atom. The summed E-state index contributed by atoms with van der Waals surface area (Å²) in [4.78, 5) is 6.66. The van der Waals surface area contributed by atoms with Gasteiger partial charge in [0.2, 0.25) is 0 Å². The zero-order chi connectivity index (χ0) is 32.2. The molecule has 3 aromatic rings. The minimum absolute atomic E-state index is 0.0289. The van der Waals surface area contributed by atoms with E-state index in [-0.39, 0.29) is 24.2 Å². The first-order chi connectivity index (χ1) is 21.3. The van der Waals surface area contributed by atoms with Gasteiger partial charge in [-0.25, -0.2) is 0 Å². The maximum atomic E-state index is 13.5. The summed E-state index contributed by atoms with van der Waals surface area (Å²) < 4.78 is 80.8. The van der Waals surface area contributed by atoms with E-state index in [0.29, 0.717) is 35.7 Å². The van der Waals surface area contributed by atoms with Crippen LogP contribution in [0.2, 0.25) is 10.0 Å². The van der Waals surface area contributed by atoms with Crippen LogP contribution in [0.1, 0.15) is 46.7 Å². The van der Waals surface area contributed by atoms with Crippen molar-refractivity contribution in [2.24, 2.45) is 0 Å². The molecule has 0 aromatic heterocycles. The molecular weight excluding hydrogens is 637 g/mol. The second-order valence-corrected chi connectivity index (χ2v) is 12.7. The van der Waals surface area contributed by atoms with Gasteiger partial charge in [0.25, 0.3) is 0 Å². The average molecular weight is 674 g/mol. The van der Waals surface area contributed by atoms with Crippen LogP contribution in [0.15, 0.2) is 66.7 Å². The van der Waals surface area contributed by atoms with Gasteiger partial charge in [-0.3, -0.25) is 14.7 Å². The molecule has 2 fully saturated rings. The van der Waals surface area contributed by atoms with Gasteiger partial charge in [0.05, 0.1) is 21.2 Å². The Bertz CT molecular complexity index is 1380. The summed E-state index contributed by atoms with van der Waals surface area (Å²) in [7, 11) is 0. The van der Waals surface area contributed by atoms with E-state index in [4.69, 9.17) is 23.2 Å². The topological polar surface area (TPSA) is 21.8 Å². The summed E-state index contributed by atoms with van der Waals surface area (Å²) in [5, 5.41) is 4.49. The van der Waals surface area contributed by atoms with Crippen LogP contribution >= 0.6 is 23.2 Å². The molecule has 0 amide bonds. The highest BCUT2D eigenvalue weighted by molar-refractivity contribution is 6.42. The number of piperidine rings is 1. The maximum absolute atomic E-state index is 13.5. The number of hydrogen-bond acceptors (Lipinski definition) is 4.